The standard InChI is InChI=1S/C15H27F3N2O/c1-20(2)14(6-8-21-9-7-14)11-19-13-5-3-4-12(10-13)15(16,17)18/h12-13,19H,3-11H2,1-2H3/t12-,13+/m1/s1. The Morgan fingerprint density at radius 1 is 1.19 bits per heavy atom. The van der Waals surface area contributed by atoms with Gasteiger partial charge in [0, 0.05) is 31.3 Å². The SMILES string of the molecule is CN(C)C1(CN[C@H]2CCC[C@@H](C(F)(F)F)C2)CCOCC1. The number of rotatable bonds is 4. The molecule has 124 valence electrons. The number of ether oxygens (including phenoxy) is 1. The molecule has 1 saturated heterocycles. The summed E-state index contributed by atoms with van der Waals surface area (Å²) in [5.41, 5.74) is 0.0173. The first-order chi connectivity index (χ1) is 9.83. The van der Waals surface area contributed by atoms with Gasteiger partial charge in [0.2, 0.25) is 0 Å². The Hall–Kier alpha value is -0.330. The fourth-order valence-corrected chi connectivity index (χ4v) is 3.54. The maximum absolute atomic E-state index is 12.9. The molecule has 0 unspecified atom stereocenters. The highest BCUT2D eigenvalue weighted by Crippen LogP contribution is 2.37. The van der Waals surface area contributed by atoms with Gasteiger partial charge < -0.3 is 15.0 Å². The van der Waals surface area contributed by atoms with Crippen LogP contribution >= 0.6 is 0 Å². The molecule has 0 aromatic heterocycles. The highest BCUT2D eigenvalue weighted by atomic mass is 19.4. The molecule has 0 bridgehead atoms. The van der Waals surface area contributed by atoms with Crippen LogP contribution < -0.4 is 5.32 Å². The molecule has 21 heavy (non-hydrogen) atoms. The van der Waals surface area contributed by atoms with Crippen molar-refractivity contribution in [2.75, 3.05) is 33.9 Å². The molecule has 0 aromatic rings. The lowest BCUT2D eigenvalue weighted by Crippen LogP contribution is -2.56. The third-order valence-electron chi connectivity index (χ3n) is 5.23. The summed E-state index contributed by atoms with van der Waals surface area (Å²) in [6.45, 7) is 2.21. The number of hydrogen-bond acceptors (Lipinski definition) is 3. The first kappa shape index (κ1) is 17.0. The van der Waals surface area contributed by atoms with Crippen LogP contribution in [-0.2, 0) is 4.74 Å². The Labute approximate surface area is 125 Å². The highest BCUT2D eigenvalue weighted by Gasteiger charge is 2.43. The molecular weight excluding hydrogens is 281 g/mol. The Morgan fingerprint density at radius 3 is 2.43 bits per heavy atom. The van der Waals surface area contributed by atoms with E-state index in [1.165, 1.54) is 0 Å². The molecule has 1 saturated carbocycles. The van der Waals surface area contributed by atoms with Crippen LogP contribution in [0.5, 0.6) is 0 Å². The van der Waals surface area contributed by atoms with Crippen LogP contribution in [0.3, 0.4) is 0 Å². The predicted molar refractivity (Wildman–Crippen MR) is 76.3 cm³/mol. The van der Waals surface area contributed by atoms with Crippen molar-refractivity contribution in [2.24, 2.45) is 5.92 Å². The van der Waals surface area contributed by atoms with Gasteiger partial charge in [0.25, 0.3) is 0 Å². The van der Waals surface area contributed by atoms with Crippen molar-refractivity contribution in [1.29, 1.82) is 0 Å². The van der Waals surface area contributed by atoms with Crippen LogP contribution in [0.25, 0.3) is 0 Å². The second-order valence-electron chi connectivity index (χ2n) is 6.71. The van der Waals surface area contributed by atoms with Gasteiger partial charge >= 0.3 is 6.18 Å². The summed E-state index contributed by atoms with van der Waals surface area (Å²) in [5.74, 6) is -1.13. The first-order valence-corrected chi connectivity index (χ1v) is 7.89. The van der Waals surface area contributed by atoms with E-state index in [4.69, 9.17) is 4.74 Å². The van der Waals surface area contributed by atoms with Crippen molar-refractivity contribution < 1.29 is 17.9 Å². The van der Waals surface area contributed by atoms with Crippen molar-refractivity contribution in [3.05, 3.63) is 0 Å². The summed E-state index contributed by atoms with van der Waals surface area (Å²) in [5, 5.41) is 3.42. The van der Waals surface area contributed by atoms with E-state index >= 15 is 0 Å². The van der Waals surface area contributed by atoms with Gasteiger partial charge in [0.1, 0.15) is 0 Å². The Balaban J connectivity index is 1.89. The molecule has 1 N–H and O–H groups in total. The predicted octanol–water partition coefficient (Wildman–Crippen LogP) is 2.81. The van der Waals surface area contributed by atoms with E-state index in [-0.39, 0.29) is 24.4 Å². The van der Waals surface area contributed by atoms with Gasteiger partial charge in [-0.15, -0.1) is 0 Å². The first-order valence-electron chi connectivity index (χ1n) is 7.89. The zero-order valence-electron chi connectivity index (χ0n) is 13.0. The zero-order valence-corrected chi connectivity index (χ0v) is 13.0. The van der Waals surface area contributed by atoms with Crippen molar-refractivity contribution >= 4 is 0 Å². The fraction of sp³-hybridized carbons (Fsp3) is 1.00. The topological polar surface area (TPSA) is 24.5 Å². The molecule has 0 spiro atoms. The molecule has 2 rings (SSSR count). The average molecular weight is 308 g/mol. The van der Waals surface area contributed by atoms with Gasteiger partial charge in [-0.1, -0.05) is 6.42 Å². The van der Waals surface area contributed by atoms with Gasteiger partial charge in [0.15, 0.2) is 0 Å². The summed E-state index contributed by atoms with van der Waals surface area (Å²) < 4.78 is 44.0. The van der Waals surface area contributed by atoms with E-state index in [0.29, 0.717) is 6.42 Å². The summed E-state index contributed by atoms with van der Waals surface area (Å²) >= 11 is 0. The molecule has 0 amide bonds. The van der Waals surface area contributed by atoms with Gasteiger partial charge in [-0.05, 0) is 46.2 Å². The largest absolute Gasteiger partial charge is 0.391 e. The molecule has 2 aliphatic rings. The average Bonchev–Trinajstić information content (AvgIpc) is 2.45. The van der Waals surface area contributed by atoms with Crippen LogP contribution in [0.4, 0.5) is 13.2 Å². The summed E-state index contributed by atoms with van der Waals surface area (Å²) in [6, 6.07) is -0.00922. The molecule has 1 aliphatic carbocycles. The van der Waals surface area contributed by atoms with Crippen LogP contribution in [-0.4, -0.2) is 56.5 Å². The summed E-state index contributed by atoms with van der Waals surface area (Å²) in [4.78, 5) is 2.20. The summed E-state index contributed by atoms with van der Waals surface area (Å²) in [7, 11) is 4.10. The van der Waals surface area contributed by atoms with Gasteiger partial charge in [-0.2, -0.15) is 13.2 Å². The van der Waals surface area contributed by atoms with E-state index in [1.54, 1.807) is 0 Å². The zero-order chi connectivity index (χ0) is 15.5. The monoisotopic (exact) mass is 308 g/mol. The van der Waals surface area contributed by atoms with Crippen LogP contribution in [0.1, 0.15) is 38.5 Å². The molecular formula is C15H27F3N2O. The minimum atomic E-state index is -4.04. The smallest absolute Gasteiger partial charge is 0.381 e. The van der Waals surface area contributed by atoms with Crippen LogP contribution in [0.15, 0.2) is 0 Å². The van der Waals surface area contributed by atoms with Crippen molar-refractivity contribution in [3.63, 3.8) is 0 Å². The Kier molecular flexibility index (Phi) is 5.54. The second kappa shape index (κ2) is 6.84. The lowest BCUT2D eigenvalue weighted by molar-refractivity contribution is -0.183. The maximum atomic E-state index is 12.9. The molecule has 3 nitrogen and oxygen atoms in total. The van der Waals surface area contributed by atoms with Crippen molar-refractivity contribution in [2.45, 2.75) is 56.3 Å². The number of hydrogen-bond donors (Lipinski definition) is 1. The number of halogens is 3. The number of nitrogens with one attached hydrogen (secondary N) is 1. The molecule has 2 fully saturated rings. The van der Waals surface area contributed by atoms with Gasteiger partial charge in [-0.3, -0.25) is 0 Å². The minimum absolute atomic E-state index is 0.00922. The third-order valence-corrected chi connectivity index (χ3v) is 5.23. The second-order valence-corrected chi connectivity index (χ2v) is 6.71. The Bertz CT molecular complexity index is 327. The Morgan fingerprint density at radius 2 is 1.86 bits per heavy atom. The van der Waals surface area contributed by atoms with E-state index < -0.39 is 12.1 Å². The third kappa shape index (κ3) is 4.33. The van der Waals surface area contributed by atoms with E-state index in [9.17, 15) is 13.2 Å². The number of likely N-dealkylation sites (N-methyl/N-ethyl adjacent to an activating group) is 1. The molecule has 0 aromatic carbocycles. The molecule has 6 heteroatoms. The van der Waals surface area contributed by atoms with Crippen molar-refractivity contribution in [3.8, 4) is 0 Å². The van der Waals surface area contributed by atoms with Gasteiger partial charge in [0.05, 0.1) is 5.92 Å². The van der Waals surface area contributed by atoms with Crippen molar-refractivity contribution in [1.82, 2.24) is 10.2 Å². The minimum Gasteiger partial charge on any atom is -0.381 e. The maximum Gasteiger partial charge on any atom is 0.391 e. The van der Waals surface area contributed by atoms with E-state index in [2.05, 4.69) is 10.2 Å². The van der Waals surface area contributed by atoms with E-state index in [0.717, 1.165) is 39.0 Å². The van der Waals surface area contributed by atoms with Gasteiger partial charge in [-0.25, -0.2) is 0 Å². The lowest BCUT2D eigenvalue weighted by atomic mass is 9.83. The lowest BCUT2D eigenvalue weighted by Gasteiger charge is -2.44. The molecule has 0 radical (unpaired) electrons. The molecule has 2 atom stereocenters. The number of nitrogens with zero attached hydrogens (tertiary/aromatic N) is 1. The summed E-state index contributed by atoms with van der Waals surface area (Å²) in [6.07, 6.45) is -0.145. The highest BCUT2D eigenvalue weighted by molar-refractivity contribution is 4.94. The fourth-order valence-electron chi connectivity index (χ4n) is 3.54. The number of alkyl halides is 3. The van der Waals surface area contributed by atoms with Crippen LogP contribution in [0, 0.1) is 5.92 Å². The quantitative estimate of drug-likeness (QED) is 0.864. The normalized spacial score (nSPS) is 30.6. The molecule has 1 aliphatic heterocycles. The van der Waals surface area contributed by atoms with E-state index in [1.807, 2.05) is 14.1 Å². The van der Waals surface area contributed by atoms with Crippen LogP contribution in [0.2, 0.25) is 0 Å². The molecule has 1 heterocycles.